The second-order valence-corrected chi connectivity index (χ2v) is 5.20. The van der Waals surface area contributed by atoms with E-state index in [0.29, 0.717) is 5.75 Å². The predicted molar refractivity (Wildman–Crippen MR) is 79.7 cm³/mol. The number of allylic oxidation sites excluding steroid dienone is 2. The van der Waals surface area contributed by atoms with E-state index in [4.69, 9.17) is 10.5 Å². The normalized spacial score (nSPS) is 24.3. The molecule has 20 heavy (non-hydrogen) atoms. The molecule has 4 nitrogen and oxygen atoms in total. The zero-order chi connectivity index (χ0) is 14.4. The molecule has 1 amide bonds. The van der Waals surface area contributed by atoms with Gasteiger partial charge in [-0.15, -0.1) is 0 Å². The molecular weight excluding hydrogens is 252 g/mol. The lowest BCUT2D eigenvalue weighted by atomic mass is 9.96. The molecule has 0 saturated carbocycles. The molecule has 2 rings (SSSR count). The summed E-state index contributed by atoms with van der Waals surface area (Å²) in [6.07, 6.45) is 7.50. The summed E-state index contributed by atoms with van der Waals surface area (Å²) < 4.78 is 5.34. The summed E-state index contributed by atoms with van der Waals surface area (Å²) in [5.74, 6) is 0.587. The third kappa shape index (κ3) is 4.10. The first kappa shape index (κ1) is 14.6. The molecule has 1 aromatic carbocycles. The van der Waals surface area contributed by atoms with Gasteiger partial charge in [-0.05, 0) is 44.2 Å². The van der Waals surface area contributed by atoms with E-state index >= 15 is 0 Å². The van der Waals surface area contributed by atoms with E-state index in [1.807, 2.05) is 25.1 Å². The highest BCUT2D eigenvalue weighted by atomic mass is 16.6. The Morgan fingerprint density at radius 3 is 2.70 bits per heavy atom. The van der Waals surface area contributed by atoms with Crippen LogP contribution in [0.3, 0.4) is 0 Å². The van der Waals surface area contributed by atoms with Gasteiger partial charge in [-0.2, -0.15) is 0 Å². The maximum atomic E-state index is 12.0. The SMILES string of the molecule is Cc1ccccc1OC(=O)N[C@@H]1CC/C=C/CC[C@@H]1N. The van der Waals surface area contributed by atoms with Crippen LogP contribution in [0.5, 0.6) is 5.75 Å². The minimum Gasteiger partial charge on any atom is -0.410 e. The number of carbonyl (C=O) groups is 1. The summed E-state index contributed by atoms with van der Waals surface area (Å²) in [6.45, 7) is 1.91. The number of hydrogen-bond donors (Lipinski definition) is 2. The van der Waals surface area contributed by atoms with E-state index in [2.05, 4.69) is 17.5 Å². The highest BCUT2D eigenvalue weighted by Crippen LogP contribution is 2.17. The second kappa shape index (κ2) is 7.10. The molecule has 3 N–H and O–H groups in total. The molecule has 0 saturated heterocycles. The highest BCUT2D eigenvalue weighted by Gasteiger charge is 2.21. The van der Waals surface area contributed by atoms with Crippen molar-refractivity contribution in [1.29, 1.82) is 0 Å². The van der Waals surface area contributed by atoms with Crippen LogP contribution < -0.4 is 15.8 Å². The summed E-state index contributed by atoms with van der Waals surface area (Å²) in [7, 11) is 0. The quantitative estimate of drug-likeness (QED) is 0.815. The number of para-hydroxylation sites is 1. The highest BCUT2D eigenvalue weighted by molar-refractivity contribution is 5.71. The molecule has 0 fully saturated rings. The zero-order valence-electron chi connectivity index (χ0n) is 11.8. The van der Waals surface area contributed by atoms with Gasteiger partial charge < -0.3 is 15.8 Å². The molecule has 0 bridgehead atoms. The number of nitrogens with one attached hydrogen (secondary N) is 1. The lowest BCUT2D eigenvalue weighted by Gasteiger charge is -2.25. The van der Waals surface area contributed by atoms with Gasteiger partial charge in [0.2, 0.25) is 0 Å². The van der Waals surface area contributed by atoms with Crippen LogP contribution in [-0.4, -0.2) is 18.2 Å². The molecule has 0 aromatic heterocycles. The smallest absolute Gasteiger partial charge is 0.410 e. The average molecular weight is 274 g/mol. The molecule has 1 aromatic rings. The fraction of sp³-hybridized carbons (Fsp3) is 0.438. The van der Waals surface area contributed by atoms with Crippen LogP contribution in [0.1, 0.15) is 31.2 Å². The Balaban J connectivity index is 1.93. The van der Waals surface area contributed by atoms with Gasteiger partial charge in [0, 0.05) is 12.1 Å². The molecule has 1 aliphatic rings. The number of ether oxygens (including phenoxy) is 1. The molecule has 1 aliphatic carbocycles. The summed E-state index contributed by atoms with van der Waals surface area (Å²) in [5.41, 5.74) is 7.05. The summed E-state index contributed by atoms with van der Waals surface area (Å²) in [6, 6.07) is 7.41. The monoisotopic (exact) mass is 274 g/mol. The van der Waals surface area contributed by atoms with Crippen molar-refractivity contribution in [3.8, 4) is 5.75 Å². The Bertz CT molecular complexity index is 485. The fourth-order valence-electron chi connectivity index (χ4n) is 2.35. The lowest BCUT2D eigenvalue weighted by molar-refractivity contribution is 0.192. The number of amides is 1. The summed E-state index contributed by atoms with van der Waals surface area (Å²) in [5, 5.41) is 2.89. The van der Waals surface area contributed by atoms with Gasteiger partial charge in [-0.3, -0.25) is 0 Å². The van der Waals surface area contributed by atoms with Crippen LogP contribution in [0.25, 0.3) is 0 Å². The van der Waals surface area contributed by atoms with Crippen molar-refractivity contribution in [3.63, 3.8) is 0 Å². The van der Waals surface area contributed by atoms with Crippen molar-refractivity contribution in [2.75, 3.05) is 0 Å². The summed E-state index contributed by atoms with van der Waals surface area (Å²) in [4.78, 5) is 12.0. The van der Waals surface area contributed by atoms with Gasteiger partial charge in [0.15, 0.2) is 0 Å². The van der Waals surface area contributed by atoms with E-state index < -0.39 is 6.09 Å². The van der Waals surface area contributed by atoms with Crippen molar-refractivity contribution < 1.29 is 9.53 Å². The molecular formula is C16H22N2O2. The van der Waals surface area contributed by atoms with Crippen molar-refractivity contribution in [1.82, 2.24) is 5.32 Å². The van der Waals surface area contributed by atoms with Crippen LogP contribution in [0.4, 0.5) is 4.79 Å². The second-order valence-electron chi connectivity index (χ2n) is 5.20. The number of aryl methyl sites for hydroxylation is 1. The molecule has 108 valence electrons. The number of benzene rings is 1. The first-order chi connectivity index (χ1) is 9.66. The van der Waals surface area contributed by atoms with E-state index in [1.165, 1.54) is 0 Å². The first-order valence-electron chi connectivity index (χ1n) is 7.11. The molecule has 0 aliphatic heterocycles. The fourth-order valence-corrected chi connectivity index (χ4v) is 2.35. The van der Waals surface area contributed by atoms with Gasteiger partial charge in [0.25, 0.3) is 0 Å². The maximum Gasteiger partial charge on any atom is 0.412 e. The predicted octanol–water partition coefficient (Wildman–Crippen LogP) is 2.91. The Labute approximate surface area is 120 Å². The minimum absolute atomic E-state index is 0.0237. The Morgan fingerprint density at radius 2 is 1.95 bits per heavy atom. The molecule has 4 heteroatoms. The van der Waals surface area contributed by atoms with E-state index in [-0.39, 0.29) is 12.1 Å². The average Bonchev–Trinajstić information content (AvgIpc) is 2.41. The van der Waals surface area contributed by atoms with E-state index in [1.54, 1.807) is 6.07 Å². The Hall–Kier alpha value is -1.81. The van der Waals surface area contributed by atoms with E-state index in [0.717, 1.165) is 31.2 Å². The number of carbonyl (C=O) groups excluding carboxylic acids is 1. The van der Waals surface area contributed by atoms with Gasteiger partial charge in [0.1, 0.15) is 5.75 Å². The lowest BCUT2D eigenvalue weighted by Crippen LogP contribution is -2.48. The molecule has 0 heterocycles. The third-order valence-electron chi connectivity index (χ3n) is 3.59. The number of nitrogens with two attached hydrogens (primary N) is 1. The van der Waals surface area contributed by atoms with E-state index in [9.17, 15) is 4.79 Å². The third-order valence-corrected chi connectivity index (χ3v) is 3.59. The van der Waals surface area contributed by atoms with Crippen LogP contribution in [0, 0.1) is 6.92 Å². The van der Waals surface area contributed by atoms with Crippen molar-refractivity contribution in [2.45, 2.75) is 44.7 Å². The Morgan fingerprint density at radius 1 is 1.25 bits per heavy atom. The van der Waals surface area contributed by atoms with Gasteiger partial charge in [0.05, 0.1) is 0 Å². The van der Waals surface area contributed by atoms with Gasteiger partial charge in [-0.25, -0.2) is 4.79 Å². The van der Waals surface area contributed by atoms with Gasteiger partial charge >= 0.3 is 6.09 Å². The van der Waals surface area contributed by atoms with Crippen molar-refractivity contribution >= 4 is 6.09 Å². The maximum absolute atomic E-state index is 12.0. The molecule has 0 unspecified atom stereocenters. The first-order valence-corrected chi connectivity index (χ1v) is 7.11. The molecule has 0 radical (unpaired) electrons. The van der Waals surface area contributed by atoms with Crippen molar-refractivity contribution in [2.24, 2.45) is 5.73 Å². The van der Waals surface area contributed by atoms with Crippen LogP contribution in [-0.2, 0) is 0 Å². The van der Waals surface area contributed by atoms with Crippen LogP contribution in [0.2, 0.25) is 0 Å². The molecule has 0 spiro atoms. The van der Waals surface area contributed by atoms with Crippen LogP contribution >= 0.6 is 0 Å². The number of rotatable bonds is 2. The van der Waals surface area contributed by atoms with Crippen molar-refractivity contribution in [3.05, 3.63) is 42.0 Å². The molecule has 2 atom stereocenters. The zero-order valence-corrected chi connectivity index (χ0v) is 11.8. The minimum atomic E-state index is -0.427. The topological polar surface area (TPSA) is 64.3 Å². The number of hydrogen-bond acceptors (Lipinski definition) is 3. The van der Waals surface area contributed by atoms with Gasteiger partial charge in [-0.1, -0.05) is 30.4 Å². The Kier molecular flexibility index (Phi) is 5.18. The van der Waals surface area contributed by atoms with Crippen LogP contribution in [0.15, 0.2) is 36.4 Å². The summed E-state index contributed by atoms with van der Waals surface area (Å²) >= 11 is 0. The largest absolute Gasteiger partial charge is 0.412 e. The standard InChI is InChI=1S/C16H22N2O2/c1-12-8-6-7-11-15(12)20-16(19)18-14-10-5-3-2-4-9-13(14)17/h2-3,6-8,11,13-14H,4-5,9-10,17H2,1H3,(H,18,19)/b3-2+/t13-,14+/m0/s1.